The molecule has 0 saturated carbocycles. The number of fused-ring (bicyclic) bond motifs is 1. The van der Waals surface area contributed by atoms with Gasteiger partial charge in [-0.3, -0.25) is 9.69 Å². The predicted molar refractivity (Wildman–Crippen MR) is 134 cm³/mol. The van der Waals surface area contributed by atoms with Crippen LogP contribution in [0, 0.1) is 6.92 Å². The highest BCUT2D eigenvalue weighted by Gasteiger charge is 2.16. The Morgan fingerprint density at radius 3 is 2.83 bits per heavy atom. The Morgan fingerprint density at radius 2 is 2.06 bits per heavy atom. The number of hydrogen-bond donors (Lipinski definition) is 1. The molecule has 188 valence electrons. The number of anilines is 2. The van der Waals surface area contributed by atoms with E-state index in [1.165, 1.54) is 17.7 Å². The van der Waals surface area contributed by atoms with Crippen LogP contribution >= 0.6 is 11.3 Å². The molecule has 11 heteroatoms. The third-order valence-corrected chi connectivity index (χ3v) is 6.56. The highest BCUT2D eigenvalue weighted by Crippen LogP contribution is 2.35. The summed E-state index contributed by atoms with van der Waals surface area (Å²) >= 11 is 1.46. The zero-order chi connectivity index (χ0) is 24.6. The van der Waals surface area contributed by atoms with Crippen molar-refractivity contribution in [3.8, 4) is 11.5 Å². The van der Waals surface area contributed by atoms with Crippen LogP contribution in [0.3, 0.4) is 0 Å². The van der Waals surface area contributed by atoms with Crippen molar-refractivity contribution in [1.82, 2.24) is 19.9 Å². The number of nitrogens with one attached hydrogen (secondary N) is 1. The minimum Gasteiger partial charge on any atom is -0.493 e. The standard InChI is InChI=1S/C24H31N5O5S/c1-4-33-22(30)14-18-16(2)35-24(27-18)28-23-17-12-20(31-3)21(13-19(17)25-15-26-23)34-9-5-6-29-7-10-32-11-8-29/h12-13,15H,4-11,14H2,1-3H3,(H,25,26,27,28). The summed E-state index contributed by atoms with van der Waals surface area (Å²) in [6.45, 7) is 9.14. The molecule has 10 nitrogen and oxygen atoms in total. The van der Waals surface area contributed by atoms with Gasteiger partial charge in [-0.15, -0.1) is 11.3 Å². The molecule has 0 radical (unpaired) electrons. The molecule has 1 aliphatic heterocycles. The Labute approximate surface area is 208 Å². The zero-order valence-electron chi connectivity index (χ0n) is 20.3. The van der Waals surface area contributed by atoms with Gasteiger partial charge in [-0.1, -0.05) is 0 Å². The van der Waals surface area contributed by atoms with Gasteiger partial charge >= 0.3 is 5.97 Å². The van der Waals surface area contributed by atoms with E-state index in [2.05, 4.69) is 25.2 Å². The number of ether oxygens (including phenoxy) is 4. The first-order valence-corrected chi connectivity index (χ1v) is 12.5. The van der Waals surface area contributed by atoms with Crippen LogP contribution in [0.2, 0.25) is 0 Å². The zero-order valence-corrected chi connectivity index (χ0v) is 21.2. The number of aryl methyl sites for hydroxylation is 1. The number of rotatable bonds is 11. The van der Waals surface area contributed by atoms with Gasteiger partial charge in [-0.25, -0.2) is 15.0 Å². The maximum absolute atomic E-state index is 11.9. The summed E-state index contributed by atoms with van der Waals surface area (Å²) in [5.41, 5.74) is 1.42. The van der Waals surface area contributed by atoms with Gasteiger partial charge < -0.3 is 24.3 Å². The molecule has 1 N–H and O–H groups in total. The van der Waals surface area contributed by atoms with Crippen molar-refractivity contribution in [2.24, 2.45) is 0 Å². The number of carbonyl (C=O) groups excluding carboxylic acids is 1. The van der Waals surface area contributed by atoms with E-state index in [0.29, 0.717) is 41.4 Å². The Morgan fingerprint density at radius 1 is 1.23 bits per heavy atom. The second-order valence-corrected chi connectivity index (χ2v) is 9.23. The highest BCUT2D eigenvalue weighted by molar-refractivity contribution is 7.15. The quantitative estimate of drug-likeness (QED) is 0.310. The van der Waals surface area contributed by atoms with E-state index >= 15 is 0 Å². The topological polar surface area (TPSA) is 108 Å². The van der Waals surface area contributed by atoms with E-state index in [4.69, 9.17) is 18.9 Å². The Balaban J connectivity index is 1.45. The van der Waals surface area contributed by atoms with Gasteiger partial charge in [-0.05, 0) is 26.3 Å². The number of esters is 1. The number of methoxy groups -OCH3 is 1. The van der Waals surface area contributed by atoms with Gasteiger partial charge in [0.25, 0.3) is 0 Å². The number of benzene rings is 1. The molecule has 35 heavy (non-hydrogen) atoms. The van der Waals surface area contributed by atoms with E-state index in [1.807, 2.05) is 19.1 Å². The highest BCUT2D eigenvalue weighted by atomic mass is 32.1. The van der Waals surface area contributed by atoms with Gasteiger partial charge in [0.15, 0.2) is 16.6 Å². The van der Waals surface area contributed by atoms with Gasteiger partial charge in [0.1, 0.15) is 12.1 Å². The molecule has 2 aromatic heterocycles. The smallest absolute Gasteiger partial charge is 0.311 e. The van der Waals surface area contributed by atoms with Crippen molar-refractivity contribution >= 4 is 39.2 Å². The maximum Gasteiger partial charge on any atom is 0.311 e. The minimum atomic E-state index is -0.290. The molecule has 0 spiro atoms. The number of hydrogen-bond acceptors (Lipinski definition) is 11. The molecule has 1 fully saturated rings. The number of carbonyl (C=O) groups is 1. The Kier molecular flexibility index (Phi) is 8.67. The van der Waals surface area contributed by atoms with Crippen molar-refractivity contribution in [1.29, 1.82) is 0 Å². The SMILES string of the molecule is CCOC(=O)Cc1nc(Nc2ncnc3cc(OCCCN4CCOCC4)c(OC)cc23)sc1C. The lowest BCUT2D eigenvalue weighted by molar-refractivity contribution is -0.142. The molecule has 3 aromatic rings. The van der Waals surface area contributed by atoms with Crippen LogP contribution in [0.25, 0.3) is 10.9 Å². The van der Waals surface area contributed by atoms with Crippen LogP contribution in [-0.4, -0.2) is 79.0 Å². The lowest BCUT2D eigenvalue weighted by Crippen LogP contribution is -2.37. The largest absolute Gasteiger partial charge is 0.493 e. The van der Waals surface area contributed by atoms with Crippen molar-refractivity contribution < 1.29 is 23.7 Å². The molecule has 1 aliphatic rings. The molecule has 1 aromatic carbocycles. The molecule has 1 saturated heterocycles. The van der Waals surface area contributed by atoms with E-state index < -0.39 is 0 Å². The van der Waals surface area contributed by atoms with Crippen LogP contribution in [0.4, 0.5) is 10.9 Å². The van der Waals surface area contributed by atoms with E-state index in [0.717, 1.165) is 55.0 Å². The van der Waals surface area contributed by atoms with E-state index in [-0.39, 0.29) is 12.4 Å². The molecule has 4 rings (SSSR count). The first-order chi connectivity index (χ1) is 17.1. The van der Waals surface area contributed by atoms with Crippen LogP contribution in [0.5, 0.6) is 11.5 Å². The van der Waals surface area contributed by atoms with Crippen LogP contribution in [0.15, 0.2) is 18.5 Å². The number of morpholine rings is 1. The summed E-state index contributed by atoms with van der Waals surface area (Å²) in [5.74, 6) is 1.57. The van der Waals surface area contributed by atoms with Crippen molar-refractivity contribution in [2.75, 3.05) is 58.5 Å². The van der Waals surface area contributed by atoms with Gasteiger partial charge in [0.05, 0.1) is 51.2 Å². The average molecular weight is 502 g/mol. The lowest BCUT2D eigenvalue weighted by Gasteiger charge is -2.26. The Hall–Kier alpha value is -3.02. The van der Waals surface area contributed by atoms with Gasteiger partial charge in [-0.2, -0.15) is 0 Å². The minimum absolute atomic E-state index is 0.141. The summed E-state index contributed by atoms with van der Waals surface area (Å²) in [6, 6.07) is 3.74. The first-order valence-electron chi connectivity index (χ1n) is 11.7. The molecule has 0 bridgehead atoms. The second kappa shape index (κ2) is 12.1. The summed E-state index contributed by atoms with van der Waals surface area (Å²) in [5, 5.41) is 4.69. The van der Waals surface area contributed by atoms with Crippen LogP contribution in [0.1, 0.15) is 23.9 Å². The van der Waals surface area contributed by atoms with Crippen molar-refractivity contribution in [2.45, 2.75) is 26.7 Å². The summed E-state index contributed by atoms with van der Waals surface area (Å²) in [4.78, 5) is 28.6. The number of nitrogens with zero attached hydrogens (tertiary/aromatic N) is 4. The van der Waals surface area contributed by atoms with Gasteiger partial charge in [0, 0.05) is 36.0 Å². The van der Waals surface area contributed by atoms with E-state index in [1.54, 1.807) is 14.0 Å². The third kappa shape index (κ3) is 6.56. The van der Waals surface area contributed by atoms with Crippen LogP contribution < -0.4 is 14.8 Å². The van der Waals surface area contributed by atoms with Crippen molar-refractivity contribution in [3.05, 3.63) is 29.0 Å². The predicted octanol–water partition coefficient (Wildman–Crippen LogP) is 3.35. The second-order valence-electron chi connectivity index (χ2n) is 8.03. The Bertz CT molecular complexity index is 1150. The molecular weight excluding hydrogens is 470 g/mol. The number of thiazole rings is 1. The summed E-state index contributed by atoms with van der Waals surface area (Å²) in [7, 11) is 1.62. The summed E-state index contributed by atoms with van der Waals surface area (Å²) < 4.78 is 22.1. The fraction of sp³-hybridized carbons (Fsp3) is 0.500. The normalized spacial score (nSPS) is 14.1. The third-order valence-electron chi connectivity index (χ3n) is 5.64. The molecule has 0 atom stereocenters. The van der Waals surface area contributed by atoms with Crippen molar-refractivity contribution in [3.63, 3.8) is 0 Å². The fourth-order valence-corrected chi connectivity index (χ4v) is 4.66. The molecule has 3 heterocycles. The monoisotopic (exact) mass is 501 g/mol. The van der Waals surface area contributed by atoms with Crippen LogP contribution in [-0.2, 0) is 20.7 Å². The fourth-order valence-electron chi connectivity index (χ4n) is 3.83. The summed E-state index contributed by atoms with van der Waals surface area (Å²) in [6.07, 6.45) is 2.55. The molecule has 0 amide bonds. The van der Waals surface area contributed by atoms with Gasteiger partial charge in [0.2, 0.25) is 0 Å². The first kappa shape index (κ1) is 25.1. The lowest BCUT2D eigenvalue weighted by atomic mass is 10.2. The molecule has 0 unspecified atom stereocenters. The number of aromatic nitrogens is 3. The van der Waals surface area contributed by atoms with E-state index in [9.17, 15) is 4.79 Å². The molecule has 0 aliphatic carbocycles. The molecular formula is C24H31N5O5S. The average Bonchev–Trinajstić information content (AvgIpc) is 3.20. The maximum atomic E-state index is 11.9.